The normalized spacial score (nSPS) is 13.2. The van der Waals surface area contributed by atoms with Crippen LogP contribution in [0.1, 0.15) is 25.8 Å². The van der Waals surface area contributed by atoms with Gasteiger partial charge in [0.05, 0.1) is 11.0 Å². The maximum Gasteiger partial charge on any atom is 0.178 e. The first kappa shape index (κ1) is 11.4. The van der Waals surface area contributed by atoms with Crippen LogP contribution in [-0.2, 0) is 6.54 Å². The van der Waals surface area contributed by atoms with Gasteiger partial charge in [-0.25, -0.2) is 0 Å². The third kappa shape index (κ3) is 2.05. The maximum absolute atomic E-state index is 5.37. The van der Waals surface area contributed by atoms with E-state index >= 15 is 0 Å². The van der Waals surface area contributed by atoms with Gasteiger partial charge < -0.3 is 9.55 Å². The summed E-state index contributed by atoms with van der Waals surface area (Å²) in [4.78, 5) is 3.26. The van der Waals surface area contributed by atoms with Crippen LogP contribution >= 0.6 is 12.2 Å². The molecule has 1 atom stereocenters. The molecule has 3 heteroatoms. The Balaban J connectivity index is 2.54. The van der Waals surface area contributed by atoms with Crippen LogP contribution in [0.25, 0.3) is 11.0 Å². The zero-order valence-electron chi connectivity index (χ0n) is 10.1. The highest BCUT2D eigenvalue weighted by molar-refractivity contribution is 7.71. The summed E-state index contributed by atoms with van der Waals surface area (Å²) in [5.41, 5.74) is 3.64. The van der Waals surface area contributed by atoms with Gasteiger partial charge in [-0.15, -0.1) is 0 Å². The number of nitrogens with one attached hydrogen (secondary N) is 1. The van der Waals surface area contributed by atoms with E-state index in [1.807, 2.05) is 0 Å². The van der Waals surface area contributed by atoms with Gasteiger partial charge in [0.25, 0.3) is 0 Å². The lowest BCUT2D eigenvalue weighted by Crippen LogP contribution is -2.06. The van der Waals surface area contributed by atoms with Crippen molar-refractivity contribution < 1.29 is 0 Å². The molecule has 0 radical (unpaired) electrons. The Morgan fingerprint density at radius 2 is 2.19 bits per heavy atom. The molecule has 0 aliphatic heterocycles. The quantitative estimate of drug-likeness (QED) is 0.794. The molecule has 86 valence electrons. The molecular weight excluding hydrogens is 216 g/mol. The average molecular weight is 234 g/mol. The molecule has 16 heavy (non-hydrogen) atoms. The average Bonchev–Trinajstić information content (AvgIpc) is 2.55. The lowest BCUT2D eigenvalue weighted by Gasteiger charge is -2.10. The van der Waals surface area contributed by atoms with Crippen molar-refractivity contribution in [2.24, 2.45) is 5.92 Å². The fraction of sp³-hybridized carbons (Fsp3) is 0.462. The van der Waals surface area contributed by atoms with Gasteiger partial charge in [0.1, 0.15) is 0 Å². The molecule has 2 aromatic rings. The van der Waals surface area contributed by atoms with E-state index in [1.165, 1.54) is 17.5 Å². The van der Waals surface area contributed by atoms with Gasteiger partial charge in [0.15, 0.2) is 4.77 Å². The van der Waals surface area contributed by atoms with E-state index in [0.717, 1.165) is 16.8 Å². The molecule has 2 rings (SSSR count). The fourth-order valence-corrected chi connectivity index (χ4v) is 2.17. The zero-order chi connectivity index (χ0) is 11.7. The number of aromatic amines is 1. The second-order valence-electron chi connectivity index (χ2n) is 4.57. The lowest BCUT2D eigenvalue weighted by atomic mass is 10.1. The van der Waals surface area contributed by atoms with Crippen molar-refractivity contribution in [1.82, 2.24) is 9.55 Å². The largest absolute Gasteiger partial charge is 0.331 e. The first-order valence-electron chi connectivity index (χ1n) is 5.81. The third-order valence-electron chi connectivity index (χ3n) is 3.12. The smallest absolute Gasteiger partial charge is 0.178 e. The van der Waals surface area contributed by atoms with Gasteiger partial charge in [-0.3, -0.25) is 0 Å². The van der Waals surface area contributed by atoms with Gasteiger partial charge in [-0.05, 0) is 42.8 Å². The molecule has 0 saturated heterocycles. The van der Waals surface area contributed by atoms with Crippen molar-refractivity contribution in [2.75, 3.05) is 0 Å². The van der Waals surface area contributed by atoms with E-state index < -0.39 is 0 Å². The molecule has 0 aliphatic rings. The van der Waals surface area contributed by atoms with Crippen LogP contribution in [0.5, 0.6) is 0 Å². The van der Waals surface area contributed by atoms with Gasteiger partial charge in [0, 0.05) is 6.54 Å². The van der Waals surface area contributed by atoms with Gasteiger partial charge in [-0.1, -0.05) is 26.3 Å². The Hall–Kier alpha value is -1.09. The molecule has 0 spiro atoms. The summed E-state index contributed by atoms with van der Waals surface area (Å²) in [6, 6.07) is 6.42. The first-order valence-corrected chi connectivity index (χ1v) is 6.21. The first-order chi connectivity index (χ1) is 7.61. The molecule has 2 nitrogen and oxygen atoms in total. The number of hydrogen-bond donors (Lipinski definition) is 1. The van der Waals surface area contributed by atoms with Crippen molar-refractivity contribution in [1.29, 1.82) is 0 Å². The highest BCUT2D eigenvalue weighted by atomic mass is 32.1. The van der Waals surface area contributed by atoms with Gasteiger partial charge in [0.2, 0.25) is 0 Å². The van der Waals surface area contributed by atoms with Crippen molar-refractivity contribution in [3.8, 4) is 0 Å². The minimum atomic E-state index is 0.659. The van der Waals surface area contributed by atoms with Crippen LogP contribution < -0.4 is 0 Å². The Bertz CT molecular complexity index is 551. The molecule has 1 heterocycles. The van der Waals surface area contributed by atoms with Crippen LogP contribution in [0.4, 0.5) is 0 Å². The summed E-state index contributed by atoms with van der Waals surface area (Å²) in [6.45, 7) is 7.59. The van der Waals surface area contributed by atoms with E-state index in [9.17, 15) is 0 Å². The highest BCUT2D eigenvalue weighted by Gasteiger charge is 2.07. The molecule has 1 aromatic carbocycles. The van der Waals surface area contributed by atoms with Crippen molar-refractivity contribution in [3.63, 3.8) is 0 Å². The van der Waals surface area contributed by atoms with Crippen LogP contribution in [0.15, 0.2) is 18.2 Å². The minimum Gasteiger partial charge on any atom is -0.331 e. The van der Waals surface area contributed by atoms with Crippen molar-refractivity contribution >= 4 is 23.3 Å². The Kier molecular flexibility index (Phi) is 3.15. The number of aromatic nitrogens is 2. The SMILES string of the molecule is CCC(C)Cn1c(=S)[nH]c2ccc(C)cc21. The summed E-state index contributed by atoms with van der Waals surface area (Å²) in [6.07, 6.45) is 1.18. The number of aryl methyl sites for hydroxylation is 1. The molecule has 1 unspecified atom stereocenters. The summed E-state index contributed by atoms with van der Waals surface area (Å²) in [5.74, 6) is 0.659. The van der Waals surface area contributed by atoms with Crippen molar-refractivity contribution in [2.45, 2.75) is 33.7 Å². The fourth-order valence-electron chi connectivity index (χ4n) is 1.88. The second-order valence-corrected chi connectivity index (χ2v) is 4.96. The molecule has 0 bridgehead atoms. The van der Waals surface area contributed by atoms with E-state index in [2.05, 4.69) is 48.5 Å². The monoisotopic (exact) mass is 234 g/mol. The summed E-state index contributed by atoms with van der Waals surface area (Å²) < 4.78 is 3.05. The van der Waals surface area contributed by atoms with Crippen LogP contribution in [-0.4, -0.2) is 9.55 Å². The van der Waals surface area contributed by atoms with E-state index in [4.69, 9.17) is 12.2 Å². The second kappa shape index (κ2) is 4.42. The van der Waals surface area contributed by atoms with Crippen LogP contribution in [0, 0.1) is 17.6 Å². The van der Waals surface area contributed by atoms with Crippen LogP contribution in [0.3, 0.4) is 0 Å². The summed E-state index contributed by atoms with van der Waals surface area (Å²) >= 11 is 5.37. The van der Waals surface area contributed by atoms with E-state index in [1.54, 1.807) is 0 Å². The number of H-pyrrole nitrogens is 1. The predicted octanol–water partition coefficient (Wildman–Crippen LogP) is 4.05. The van der Waals surface area contributed by atoms with Crippen LogP contribution in [0.2, 0.25) is 0 Å². The molecule has 0 aliphatic carbocycles. The molecular formula is C13H18N2S. The topological polar surface area (TPSA) is 20.7 Å². The molecule has 0 amide bonds. The zero-order valence-corrected chi connectivity index (χ0v) is 10.9. The number of rotatable bonds is 3. The third-order valence-corrected chi connectivity index (χ3v) is 3.44. The molecule has 1 N–H and O–H groups in total. The number of nitrogens with zero attached hydrogens (tertiary/aromatic N) is 1. The number of imidazole rings is 1. The Morgan fingerprint density at radius 1 is 1.44 bits per heavy atom. The van der Waals surface area contributed by atoms with E-state index in [0.29, 0.717) is 5.92 Å². The van der Waals surface area contributed by atoms with Gasteiger partial charge in [-0.2, -0.15) is 0 Å². The van der Waals surface area contributed by atoms with Gasteiger partial charge >= 0.3 is 0 Å². The number of benzene rings is 1. The minimum absolute atomic E-state index is 0.659. The number of hydrogen-bond acceptors (Lipinski definition) is 1. The molecule has 1 aromatic heterocycles. The molecule has 0 saturated carbocycles. The molecule has 0 fully saturated rings. The Morgan fingerprint density at radius 3 is 2.88 bits per heavy atom. The standard InChI is InChI=1S/C13H18N2S/c1-4-9(2)8-15-12-7-10(3)5-6-11(12)14-13(15)16/h5-7,9H,4,8H2,1-3H3,(H,14,16). The summed E-state index contributed by atoms with van der Waals surface area (Å²) in [5, 5.41) is 0. The van der Waals surface area contributed by atoms with Crippen molar-refractivity contribution in [3.05, 3.63) is 28.5 Å². The maximum atomic E-state index is 5.37. The predicted molar refractivity (Wildman–Crippen MR) is 71.3 cm³/mol. The van der Waals surface area contributed by atoms with E-state index in [-0.39, 0.29) is 0 Å². The lowest BCUT2D eigenvalue weighted by molar-refractivity contribution is 0.473. The highest BCUT2D eigenvalue weighted by Crippen LogP contribution is 2.18. The Labute approximate surface area is 101 Å². The summed E-state index contributed by atoms with van der Waals surface area (Å²) in [7, 11) is 0. The number of fused-ring (bicyclic) bond motifs is 1.